The molecule has 0 saturated carbocycles. The van der Waals surface area contributed by atoms with Crippen LogP contribution in [0.2, 0.25) is 0 Å². The van der Waals surface area contributed by atoms with E-state index in [-0.39, 0.29) is 30.6 Å². The van der Waals surface area contributed by atoms with Crippen LogP contribution in [0, 0.1) is 11.8 Å². The van der Waals surface area contributed by atoms with Crippen molar-refractivity contribution >= 4 is 17.5 Å². The summed E-state index contributed by atoms with van der Waals surface area (Å²) < 4.78 is 10.8. The maximum Gasteiger partial charge on any atom is 0.341 e. The molecule has 1 fully saturated rings. The number of esters is 1. The Morgan fingerprint density at radius 2 is 1.88 bits per heavy atom. The van der Waals surface area contributed by atoms with Crippen molar-refractivity contribution in [2.24, 2.45) is 11.8 Å². The third-order valence-electron chi connectivity index (χ3n) is 5.76. The highest BCUT2D eigenvalue weighted by Crippen LogP contribution is 2.39. The van der Waals surface area contributed by atoms with Crippen molar-refractivity contribution in [1.82, 2.24) is 0 Å². The van der Waals surface area contributed by atoms with Gasteiger partial charge in [-0.15, -0.1) is 0 Å². The number of ketones is 2. The van der Waals surface area contributed by atoms with Crippen LogP contribution in [0.5, 0.6) is 0 Å². The van der Waals surface area contributed by atoms with E-state index in [1.807, 2.05) is 20.8 Å². The summed E-state index contributed by atoms with van der Waals surface area (Å²) >= 11 is 0. The van der Waals surface area contributed by atoms with E-state index in [2.05, 4.69) is 0 Å². The third kappa shape index (κ3) is 4.07. The Morgan fingerprint density at radius 1 is 1.31 bits per heavy atom. The average molecular weight is 366 g/mol. The molecule has 1 heterocycles. The minimum absolute atomic E-state index is 0.0234. The number of Topliss-reactive ketones (excluding diaryl/α,β-unsaturated/α-hetero) is 1. The third-order valence-corrected chi connectivity index (χ3v) is 5.76. The van der Waals surface area contributed by atoms with Crippen molar-refractivity contribution in [2.45, 2.75) is 84.2 Å². The predicted octanol–water partition coefficient (Wildman–Crippen LogP) is 2.37. The highest BCUT2D eigenvalue weighted by Gasteiger charge is 2.58. The highest BCUT2D eigenvalue weighted by atomic mass is 16.7. The minimum atomic E-state index is -1.85. The van der Waals surface area contributed by atoms with Gasteiger partial charge < -0.3 is 14.6 Å². The summed E-state index contributed by atoms with van der Waals surface area (Å²) in [6.07, 6.45) is 0.777. The molecule has 0 spiro atoms. The van der Waals surface area contributed by atoms with E-state index in [1.165, 1.54) is 6.92 Å². The quantitative estimate of drug-likeness (QED) is 0.609. The van der Waals surface area contributed by atoms with Crippen LogP contribution < -0.4 is 0 Å². The molecule has 1 aliphatic heterocycles. The van der Waals surface area contributed by atoms with Crippen LogP contribution in [0.25, 0.3) is 0 Å². The van der Waals surface area contributed by atoms with Crippen LogP contribution in [0.4, 0.5) is 0 Å². The minimum Gasteiger partial charge on any atom is -0.457 e. The topological polar surface area (TPSA) is 93.2 Å². The van der Waals surface area contributed by atoms with Gasteiger partial charge in [-0.1, -0.05) is 19.4 Å². The second kappa shape index (κ2) is 7.24. The van der Waals surface area contributed by atoms with E-state index < -0.39 is 35.0 Å². The van der Waals surface area contributed by atoms with Crippen LogP contribution in [-0.2, 0) is 23.9 Å². The summed E-state index contributed by atoms with van der Waals surface area (Å²) in [6, 6.07) is 0. The number of hydrogen-bond acceptors (Lipinski definition) is 6. The summed E-state index contributed by atoms with van der Waals surface area (Å²) in [5.74, 6) is -1.54. The van der Waals surface area contributed by atoms with Gasteiger partial charge in [-0.3, -0.25) is 9.59 Å². The van der Waals surface area contributed by atoms with Crippen molar-refractivity contribution in [3.8, 4) is 0 Å². The smallest absolute Gasteiger partial charge is 0.341 e. The molecule has 0 aromatic carbocycles. The van der Waals surface area contributed by atoms with Gasteiger partial charge in [0.2, 0.25) is 0 Å². The molecule has 0 bridgehead atoms. The Bertz CT molecular complexity index is 632. The van der Waals surface area contributed by atoms with Gasteiger partial charge in [0.25, 0.3) is 0 Å². The molecule has 5 atom stereocenters. The summed E-state index contributed by atoms with van der Waals surface area (Å²) in [5, 5.41) is 10.9. The lowest BCUT2D eigenvalue weighted by atomic mass is 9.78. The Morgan fingerprint density at radius 3 is 2.38 bits per heavy atom. The molecule has 1 saturated heterocycles. The first-order valence-corrected chi connectivity index (χ1v) is 9.25. The first-order valence-electron chi connectivity index (χ1n) is 9.25. The number of hydrogen-bond donors (Lipinski definition) is 1. The van der Waals surface area contributed by atoms with Crippen LogP contribution in [0.1, 0.15) is 60.8 Å². The predicted molar refractivity (Wildman–Crippen MR) is 95.4 cm³/mol. The van der Waals surface area contributed by atoms with E-state index in [0.29, 0.717) is 6.42 Å². The van der Waals surface area contributed by atoms with Crippen molar-refractivity contribution < 1.29 is 29.0 Å². The number of carbonyl (C=O) groups excluding carboxylic acids is 3. The molecule has 1 aliphatic carbocycles. The Labute approximate surface area is 154 Å². The second-order valence-electron chi connectivity index (χ2n) is 8.31. The SMILES string of the molecule is CC1=CC(=O)C(C(C)C)CC(OC(=O)C2(C)OC2C)C(C)(O)C(=O)CC1. The fourth-order valence-electron chi connectivity index (χ4n) is 3.30. The van der Waals surface area contributed by atoms with Crippen molar-refractivity contribution in [1.29, 1.82) is 0 Å². The average Bonchev–Trinajstić information content (AvgIpc) is 3.15. The number of rotatable bonds is 3. The van der Waals surface area contributed by atoms with Gasteiger partial charge in [0, 0.05) is 12.3 Å². The van der Waals surface area contributed by atoms with Crippen molar-refractivity contribution in [2.75, 3.05) is 0 Å². The van der Waals surface area contributed by atoms with Crippen LogP contribution in [0.3, 0.4) is 0 Å². The molecule has 0 amide bonds. The molecule has 146 valence electrons. The van der Waals surface area contributed by atoms with E-state index in [4.69, 9.17) is 9.47 Å². The molecule has 1 N–H and O–H groups in total. The second-order valence-corrected chi connectivity index (χ2v) is 8.31. The van der Waals surface area contributed by atoms with E-state index in [9.17, 15) is 19.5 Å². The van der Waals surface area contributed by atoms with E-state index in [0.717, 1.165) is 5.57 Å². The number of carbonyl (C=O) groups is 3. The molecule has 26 heavy (non-hydrogen) atoms. The lowest BCUT2D eigenvalue weighted by Crippen LogP contribution is -2.52. The number of epoxide rings is 1. The summed E-state index contributed by atoms with van der Waals surface area (Å²) in [7, 11) is 0. The first kappa shape index (κ1) is 20.8. The molecule has 2 rings (SSSR count). The first-order chi connectivity index (χ1) is 11.9. The summed E-state index contributed by atoms with van der Waals surface area (Å²) in [6.45, 7) is 10.4. The number of aliphatic hydroxyl groups is 1. The van der Waals surface area contributed by atoms with Crippen molar-refractivity contribution in [3.05, 3.63) is 11.6 Å². The monoisotopic (exact) mass is 366 g/mol. The number of ether oxygens (including phenoxy) is 2. The van der Waals surface area contributed by atoms with E-state index >= 15 is 0 Å². The van der Waals surface area contributed by atoms with Gasteiger partial charge >= 0.3 is 5.97 Å². The van der Waals surface area contributed by atoms with Crippen LogP contribution >= 0.6 is 0 Å². The fourth-order valence-corrected chi connectivity index (χ4v) is 3.30. The molecule has 2 aliphatic rings. The van der Waals surface area contributed by atoms with E-state index in [1.54, 1.807) is 19.9 Å². The van der Waals surface area contributed by atoms with Crippen LogP contribution in [0.15, 0.2) is 11.6 Å². The van der Waals surface area contributed by atoms with Gasteiger partial charge in [-0.05, 0) is 52.5 Å². The lowest BCUT2D eigenvalue weighted by molar-refractivity contribution is -0.176. The molecule has 0 radical (unpaired) electrons. The highest BCUT2D eigenvalue weighted by molar-refractivity contribution is 5.94. The normalized spacial score (nSPS) is 38.8. The van der Waals surface area contributed by atoms with Gasteiger partial charge in [0.15, 0.2) is 22.8 Å². The largest absolute Gasteiger partial charge is 0.457 e. The zero-order chi connectivity index (χ0) is 19.9. The standard InChI is InChI=1S/C20H30O6/c1-11(2)14-10-17(25-18(23)20(6)13(4)26-20)19(5,24)16(22)8-7-12(3)9-15(14)21/h9,11,13-14,17,24H,7-8,10H2,1-6H3. The maximum atomic E-state index is 12.7. The molecule has 6 nitrogen and oxygen atoms in total. The zero-order valence-electron chi connectivity index (χ0n) is 16.5. The van der Waals surface area contributed by atoms with Gasteiger partial charge in [-0.25, -0.2) is 4.79 Å². The van der Waals surface area contributed by atoms with Gasteiger partial charge in [0.05, 0.1) is 6.10 Å². The van der Waals surface area contributed by atoms with Crippen LogP contribution in [-0.4, -0.2) is 46.1 Å². The molecule has 5 unspecified atom stereocenters. The summed E-state index contributed by atoms with van der Waals surface area (Å²) in [4.78, 5) is 37.8. The lowest BCUT2D eigenvalue weighted by Gasteiger charge is -2.35. The van der Waals surface area contributed by atoms with Gasteiger partial charge in [0.1, 0.15) is 6.10 Å². The number of allylic oxidation sites excluding steroid dienone is 2. The molecular formula is C20H30O6. The molecule has 6 heteroatoms. The molecular weight excluding hydrogens is 336 g/mol. The van der Waals surface area contributed by atoms with Gasteiger partial charge in [-0.2, -0.15) is 0 Å². The Hall–Kier alpha value is -1.53. The Balaban J connectivity index is 2.35. The Kier molecular flexibility index (Phi) is 5.78. The molecule has 0 aromatic rings. The molecule has 0 aromatic heterocycles. The summed E-state index contributed by atoms with van der Waals surface area (Å²) in [5.41, 5.74) is -2.09. The van der Waals surface area contributed by atoms with Crippen molar-refractivity contribution in [3.63, 3.8) is 0 Å². The maximum absolute atomic E-state index is 12.7. The zero-order valence-corrected chi connectivity index (χ0v) is 16.5. The fraction of sp³-hybridized carbons (Fsp3) is 0.750.